The van der Waals surface area contributed by atoms with Crippen molar-refractivity contribution in [3.05, 3.63) is 84.3 Å². The molecular formula is C31H36FN3. The Hall–Kier alpha value is -2.98. The van der Waals surface area contributed by atoms with Crippen molar-refractivity contribution in [2.45, 2.75) is 57.4 Å². The van der Waals surface area contributed by atoms with Crippen LogP contribution in [0.15, 0.2) is 77.9 Å². The van der Waals surface area contributed by atoms with Gasteiger partial charge in [-0.2, -0.15) is 0 Å². The predicted molar refractivity (Wildman–Crippen MR) is 145 cm³/mol. The number of nitrogens with zero attached hydrogens (tertiary/aromatic N) is 2. The smallest absolute Gasteiger partial charge is 0.139 e. The second-order valence-corrected chi connectivity index (χ2v) is 10.2. The molecule has 6 rings (SSSR count). The first-order chi connectivity index (χ1) is 17.0. The van der Waals surface area contributed by atoms with Gasteiger partial charge in [-0.1, -0.05) is 81.7 Å². The molecule has 3 aromatic rings. The van der Waals surface area contributed by atoms with Crippen LogP contribution in [0, 0.1) is 11.7 Å². The van der Waals surface area contributed by atoms with Gasteiger partial charge in [-0.05, 0) is 71.8 Å². The van der Waals surface area contributed by atoms with E-state index in [-0.39, 0.29) is 11.4 Å². The number of nitrogens with two attached hydrogens (primary N) is 1. The van der Waals surface area contributed by atoms with Crippen LogP contribution in [0.1, 0.15) is 57.4 Å². The number of fused-ring (bicyclic) bond motifs is 1. The highest BCUT2D eigenvalue weighted by Gasteiger charge is 2.53. The largest absolute Gasteiger partial charge is 0.330 e. The van der Waals surface area contributed by atoms with Gasteiger partial charge in [0.1, 0.15) is 17.2 Å². The third-order valence-electron chi connectivity index (χ3n) is 7.28. The van der Waals surface area contributed by atoms with E-state index in [1.165, 1.54) is 24.6 Å². The highest BCUT2D eigenvalue weighted by atomic mass is 19.1. The standard InChI is InChI=1S/C28H30FN3.C3H6/c1-3-6-20(17-30)18-32-19(2)28(13-14-28)31-27(32)25-12-11-24(16-26(25)29)23-10-9-21-7-4-5-8-22(21)15-23;1-2-3-1/h4-5,7-12,15-16,20H,2-3,6,13-14,17-18,30H2,1H3;1-3H2. The fraction of sp³-hybridized carbons (Fsp3) is 0.387. The zero-order valence-corrected chi connectivity index (χ0v) is 20.8. The number of rotatable bonds is 7. The maximum atomic E-state index is 15.5. The average molecular weight is 470 g/mol. The van der Waals surface area contributed by atoms with E-state index in [0.29, 0.717) is 23.9 Å². The number of aliphatic imine (C=N–C) groups is 1. The second-order valence-electron chi connectivity index (χ2n) is 10.2. The summed E-state index contributed by atoms with van der Waals surface area (Å²) in [5, 5.41) is 2.33. The first-order valence-electron chi connectivity index (χ1n) is 13.1. The molecule has 35 heavy (non-hydrogen) atoms. The van der Waals surface area contributed by atoms with Crippen molar-refractivity contribution in [1.29, 1.82) is 0 Å². The van der Waals surface area contributed by atoms with E-state index in [9.17, 15) is 0 Å². The van der Waals surface area contributed by atoms with Crippen molar-refractivity contribution < 1.29 is 4.39 Å². The molecule has 0 saturated heterocycles. The summed E-state index contributed by atoms with van der Waals surface area (Å²) >= 11 is 0. The Bertz CT molecular complexity index is 1250. The Morgan fingerprint density at radius 2 is 1.69 bits per heavy atom. The molecule has 1 unspecified atom stereocenters. The lowest BCUT2D eigenvalue weighted by Crippen LogP contribution is -2.36. The van der Waals surface area contributed by atoms with E-state index in [1.807, 2.05) is 30.3 Å². The summed E-state index contributed by atoms with van der Waals surface area (Å²) in [7, 11) is 0. The van der Waals surface area contributed by atoms with Crippen LogP contribution < -0.4 is 5.73 Å². The minimum atomic E-state index is -0.246. The van der Waals surface area contributed by atoms with Crippen molar-refractivity contribution in [3.8, 4) is 11.1 Å². The predicted octanol–water partition coefficient (Wildman–Crippen LogP) is 7.30. The van der Waals surface area contributed by atoms with Crippen molar-refractivity contribution >= 4 is 16.6 Å². The van der Waals surface area contributed by atoms with Crippen molar-refractivity contribution in [1.82, 2.24) is 4.90 Å². The molecule has 0 aromatic heterocycles. The maximum absolute atomic E-state index is 15.5. The fourth-order valence-electron chi connectivity index (χ4n) is 4.82. The summed E-state index contributed by atoms with van der Waals surface area (Å²) in [6.45, 7) is 7.87. The first-order valence-corrected chi connectivity index (χ1v) is 13.1. The molecule has 0 radical (unpaired) electrons. The van der Waals surface area contributed by atoms with Crippen LogP contribution in [0.2, 0.25) is 0 Å². The zero-order valence-electron chi connectivity index (χ0n) is 20.8. The Balaban J connectivity index is 0.000000786. The highest BCUT2D eigenvalue weighted by Crippen LogP contribution is 2.51. The van der Waals surface area contributed by atoms with Gasteiger partial charge in [-0.25, -0.2) is 4.39 Å². The molecule has 3 aromatic carbocycles. The van der Waals surface area contributed by atoms with E-state index in [0.717, 1.165) is 54.4 Å². The quantitative estimate of drug-likeness (QED) is 0.394. The molecule has 4 heteroatoms. The SMILES string of the molecule is C1CC1.C=C1N(CC(CN)CCC)C(c2ccc(-c3ccc4ccccc4c3)cc2F)=NC12CC2. The second kappa shape index (κ2) is 9.94. The van der Waals surface area contributed by atoms with Crippen LogP contribution in [0.25, 0.3) is 21.9 Å². The summed E-state index contributed by atoms with van der Waals surface area (Å²) in [6.07, 6.45) is 8.60. The lowest BCUT2D eigenvalue weighted by atomic mass is 9.99. The highest BCUT2D eigenvalue weighted by molar-refractivity contribution is 6.03. The summed E-state index contributed by atoms with van der Waals surface area (Å²) in [6, 6.07) is 20.0. The van der Waals surface area contributed by atoms with Gasteiger partial charge in [0.25, 0.3) is 0 Å². The first kappa shape index (κ1) is 23.7. The number of hydrogen-bond donors (Lipinski definition) is 1. The van der Waals surface area contributed by atoms with Gasteiger partial charge in [-0.3, -0.25) is 4.99 Å². The molecule has 2 fully saturated rings. The van der Waals surface area contributed by atoms with Gasteiger partial charge in [0.2, 0.25) is 0 Å². The molecule has 1 spiro atoms. The number of hydrogen-bond acceptors (Lipinski definition) is 3. The van der Waals surface area contributed by atoms with E-state index in [1.54, 1.807) is 6.07 Å². The van der Waals surface area contributed by atoms with Gasteiger partial charge < -0.3 is 10.6 Å². The van der Waals surface area contributed by atoms with E-state index < -0.39 is 0 Å². The van der Waals surface area contributed by atoms with Gasteiger partial charge in [0, 0.05) is 12.2 Å². The normalized spacial score (nSPS) is 18.3. The van der Waals surface area contributed by atoms with Crippen LogP contribution in [-0.2, 0) is 0 Å². The maximum Gasteiger partial charge on any atom is 0.139 e. The average Bonchev–Trinajstić information content (AvgIpc) is 3.80. The van der Waals surface area contributed by atoms with Gasteiger partial charge in [0.05, 0.1) is 5.56 Å². The number of benzene rings is 3. The van der Waals surface area contributed by atoms with Crippen LogP contribution in [-0.4, -0.2) is 29.4 Å². The molecule has 2 aliphatic carbocycles. The van der Waals surface area contributed by atoms with Crippen molar-refractivity contribution in [2.75, 3.05) is 13.1 Å². The topological polar surface area (TPSA) is 41.6 Å². The minimum Gasteiger partial charge on any atom is -0.330 e. The Morgan fingerprint density at radius 1 is 1.00 bits per heavy atom. The minimum absolute atomic E-state index is 0.218. The number of halogens is 1. The molecule has 0 bridgehead atoms. The molecule has 182 valence electrons. The molecule has 2 saturated carbocycles. The molecule has 2 N–H and O–H groups in total. The Kier molecular flexibility index (Phi) is 6.75. The molecule has 1 aliphatic heterocycles. The molecule has 1 heterocycles. The van der Waals surface area contributed by atoms with Crippen LogP contribution in [0.4, 0.5) is 4.39 Å². The van der Waals surface area contributed by atoms with Crippen LogP contribution in [0.5, 0.6) is 0 Å². The molecule has 0 amide bonds. The van der Waals surface area contributed by atoms with E-state index in [4.69, 9.17) is 10.7 Å². The van der Waals surface area contributed by atoms with Gasteiger partial charge in [-0.15, -0.1) is 0 Å². The Morgan fingerprint density at radius 3 is 2.31 bits per heavy atom. The molecule has 1 atom stereocenters. The molecule has 3 nitrogen and oxygen atoms in total. The lowest BCUT2D eigenvalue weighted by molar-refractivity contribution is 0.371. The van der Waals surface area contributed by atoms with E-state index >= 15 is 4.39 Å². The summed E-state index contributed by atoms with van der Waals surface area (Å²) in [5.41, 5.74) is 9.24. The van der Waals surface area contributed by atoms with Gasteiger partial charge >= 0.3 is 0 Å². The van der Waals surface area contributed by atoms with Crippen molar-refractivity contribution in [3.63, 3.8) is 0 Å². The van der Waals surface area contributed by atoms with Crippen molar-refractivity contribution in [2.24, 2.45) is 16.6 Å². The summed E-state index contributed by atoms with van der Waals surface area (Å²) in [5.74, 6) is 0.810. The molecular weight excluding hydrogens is 433 g/mol. The zero-order chi connectivity index (χ0) is 24.4. The lowest BCUT2D eigenvalue weighted by Gasteiger charge is -2.28. The van der Waals surface area contributed by atoms with Crippen LogP contribution in [0.3, 0.4) is 0 Å². The summed E-state index contributed by atoms with van der Waals surface area (Å²) < 4.78 is 15.5. The third-order valence-corrected chi connectivity index (χ3v) is 7.28. The monoisotopic (exact) mass is 469 g/mol. The Labute approximate surface area is 208 Å². The summed E-state index contributed by atoms with van der Waals surface area (Å²) in [4.78, 5) is 7.11. The van der Waals surface area contributed by atoms with E-state index in [2.05, 4.69) is 42.7 Å². The van der Waals surface area contributed by atoms with Crippen LogP contribution >= 0.6 is 0 Å². The molecule has 3 aliphatic rings. The van der Waals surface area contributed by atoms with Gasteiger partial charge in [0.15, 0.2) is 0 Å². The fourth-order valence-corrected chi connectivity index (χ4v) is 4.82. The third kappa shape index (κ3) is 5.04. The number of amidine groups is 1.